The van der Waals surface area contributed by atoms with Gasteiger partial charge in [-0.05, 0) is 63.5 Å². The maximum absolute atomic E-state index is 12.1. The summed E-state index contributed by atoms with van der Waals surface area (Å²) in [6.07, 6.45) is 1.54. The van der Waals surface area contributed by atoms with Gasteiger partial charge in [0.2, 0.25) is 0 Å². The molecule has 0 fully saturated rings. The maximum Gasteiger partial charge on any atom is 0.257 e. The highest BCUT2D eigenvalue weighted by molar-refractivity contribution is 9.10. The van der Waals surface area contributed by atoms with Gasteiger partial charge in [-0.1, -0.05) is 52.0 Å². The first kappa shape index (κ1) is 24.3. The molecule has 1 N–H and O–H groups in total. The van der Waals surface area contributed by atoms with Crippen molar-refractivity contribution < 1.29 is 18.7 Å². The van der Waals surface area contributed by atoms with E-state index in [1.54, 1.807) is 13.2 Å². The lowest BCUT2D eigenvalue weighted by atomic mass is 10.2. The lowest BCUT2D eigenvalue weighted by molar-refractivity contribution is -0.118. The monoisotopic (exact) mass is 603 g/mol. The Morgan fingerprint density at radius 3 is 2.74 bits per heavy atom. The molecule has 0 unspecified atom stereocenters. The molecule has 4 rings (SSSR count). The molecule has 0 saturated carbocycles. The molecule has 0 aliphatic carbocycles. The summed E-state index contributed by atoms with van der Waals surface area (Å²) < 4.78 is 18.8. The van der Waals surface area contributed by atoms with Crippen LogP contribution in [0.3, 0.4) is 0 Å². The average Bonchev–Trinajstić information content (AvgIpc) is 3.26. The molecule has 4 aromatic rings. The van der Waals surface area contributed by atoms with Gasteiger partial charge in [0.1, 0.15) is 12.1 Å². The van der Waals surface area contributed by atoms with Gasteiger partial charge in [-0.3, -0.25) is 4.79 Å². The molecule has 0 aliphatic heterocycles. The summed E-state index contributed by atoms with van der Waals surface area (Å²) in [5, 5.41) is 4.47. The number of rotatable bonds is 9. The van der Waals surface area contributed by atoms with Gasteiger partial charge in [0, 0.05) is 4.47 Å². The highest BCUT2D eigenvalue weighted by Gasteiger charge is 2.12. The fraction of sp³-hybridized carbons (Fsp3) is 0.125. The lowest BCUT2D eigenvalue weighted by Gasteiger charge is -2.13. The van der Waals surface area contributed by atoms with Gasteiger partial charge in [-0.15, -0.1) is 0 Å². The van der Waals surface area contributed by atoms with Gasteiger partial charge < -0.3 is 13.9 Å². The largest absolute Gasteiger partial charge is 0.493 e. The molecule has 1 amide bonds. The number of nitrogens with one attached hydrogen (secondary N) is 1. The van der Waals surface area contributed by atoms with Crippen LogP contribution in [0.4, 0.5) is 0 Å². The minimum absolute atomic E-state index is 0.125. The first-order chi connectivity index (χ1) is 16.5. The third kappa shape index (κ3) is 6.40. The Balaban J connectivity index is 1.33. The molecule has 1 heterocycles. The predicted molar refractivity (Wildman–Crippen MR) is 140 cm³/mol. The molecule has 0 atom stereocenters. The van der Waals surface area contributed by atoms with E-state index in [4.69, 9.17) is 13.9 Å². The molecule has 10 heteroatoms. The van der Waals surface area contributed by atoms with Gasteiger partial charge in [-0.25, -0.2) is 10.4 Å². The number of hydrogen-bond donors (Lipinski definition) is 1. The summed E-state index contributed by atoms with van der Waals surface area (Å²) in [5.41, 5.74) is 5.71. The van der Waals surface area contributed by atoms with Crippen LogP contribution < -0.4 is 14.9 Å². The Morgan fingerprint density at radius 2 is 1.97 bits per heavy atom. The van der Waals surface area contributed by atoms with Crippen molar-refractivity contribution in [3.05, 3.63) is 80.7 Å². The van der Waals surface area contributed by atoms with Gasteiger partial charge in [0.25, 0.3) is 11.1 Å². The van der Waals surface area contributed by atoms with Crippen LogP contribution in [0.15, 0.2) is 84.4 Å². The first-order valence-corrected chi connectivity index (χ1v) is 12.6. The zero-order valence-electron chi connectivity index (χ0n) is 18.0. The Labute approximate surface area is 217 Å². The van der Waals surface area contributed by atoms with Gasteiger partial charge >= 0.3 is 0 Å². The van der Waals surface area contributed by atoms with Crippen molar-refractivity contribution in [3.8, 4) is 11.5 Å². The normalized spacial score (nSPS) is 11.1. The topological polar surface area (TPSA) is 86.0 Å². The summed E-state index contributed by atoms with van der Waals surface area (Å²) in [7, 11) is 1.57. The summed E-state index contributed by atoms with van der Waals surface area (Å²) in [6.45, 7) is 0.392. The van der Waals surface area contributed by atoms with Gasteiger partial charge in [0.15, 0.2) is 17.1 Å². The van der Waals surface area contributed by atoms with E-state index in [9.17, 15) is 4.79 Å². The van der Waals surface area contributed by atoms with Crippen LogP contribution in [0.25, 0.3) is 11.1 Å². The Kier molecular flexibility index (Phi) is 8.25. The zero-order valence-corrected chi connectivity index (χ0v) is 21.9. The third-order valence-corrected chi connectivity index (χ3v) is 6.50. The van der Waals surface area contributed by atoms with Crippen LogP contribution in [0.5, 0.6) is 11.5 Å². The van der Waals surface area contributed by atoms with E-state index in [1.165, 1.54) is 18.0 Å². The number of nitrogens with zero attached hydrogens (tertiary/aromatic N) is 2. The van der Waals surface area contributed by atoms with Crippen molar-refractivity contribution in [2.24, 2.45) is 5.10 Å². The smallest absolute Gasteiger partial charge is 0.257 e. The predicted octanol–water partition coefficient (Wildman–Crippen LogP) is 6.18. The number of halogens is 2. The summed E-state index contributed by atoms with van der Waals surface area (Å²) in [5.74, 6) is 0.983. The van der Waals surface area contributed by atoms with Crippen LogP contribution in [0, 0.1) is 0 Å². The minimum atomic E-state index is -0.274. The van der Waals surface area contributed by atoms with Crippen molar-refractivity contribution in [1.29, 1.82) is 0 Å². The third-order valence-electron chi connectivity index (χ3n) is 4.55. The van der Waals surface area contributed by atoms with Crippen molar-refractivity contribution in [2.75, 3.05) is 12.9 Å². The van der Waals surface area contributed by atoms with Crippen molar-refractivity contribution in [3.63, 3.8) is 0 Å². The molecule has 7 nitrogen and oxygen atoms in total. The lowest BCUT2D eigenvalue weighted by Crippen LogP contribution is -2.19. The van der Waals surface area contributed by atoms with Crippen LogP contribution in [0.2, 0.25) is 0 Å². The number of ether oxygens (including phenoxy) is 2. The molecule has 0 spiro atoms. The molecule has 0 saturated heterocycles. The van der Waals surface area contributed by atoms with E-state index in [1.807, 2.05) is 54.6 Å². The molecular formula is C24H19Br2N3O4S. The number of para-hydroxylation sites is 2. The fourth-order valence-corrected chi connectivity index (χ4v) is 4.41. The number of thioether (sulfide) groups is 1. The Bertz CT molecular complexity index is 1290. The van der Waals surface area contributed by atoms with E-state index < -0.39 is 0 Å². The number of oxazole rings is 1. The molecule has 1 aromatic heterocycles. The number of carbonyl (C=O) groups is 1. The molecule has 0 aliphatic rings. The standard InChI is InChI=1S/C24H19Br2N3O4S/c1-31-21-11-16(10-18(26)23(21)32-13-15-6-8-17(25)9-7-15)12-27-29-22(30)14-34-24-28-19-4-2-3-5-20(19)33-24/h2-12H,13-14H2,1H3,(H,29,30)/b27-12-. The summed E-state index contributed by atoms with van der Waals surface area (Å²) >= 11 is 8.16. The van der Waals surface area contributed by atoms with Crippen LogP contribution in [0.1, 0.15) is 11.1 Å². The number of carbonyl (C=O) groups excluding carboxylic acids is 1. The molecule has 0 bridgehead atoms. The average molecular weight is 605 g/mol. The number of hydrogen-bond acceptors (Lipinski definition) is 7. The molecule has 174 valence electrons. The fourth-order valence-electron chi connectivity index (χ4n) is 2.94. The SMILES string of the molecule is COc1cc(/C=N\NC(=O)CSc2nc3ccccc3o2)cc(Br)c1OCc1ccc(Br)cc1. The van der Waals surface area contributed by atoms with Gasteiger partial charge in [0.05, 0.1) is 23.5 Å². The van der Waals surface area contributed by atoms with E-state index >= 15 is 0 Å². The quantitative estimate of drug-likeness (QED) is 0.139. The highest BCUT2D eigenvalue weighted by atomic mass is 79.9. The molecule has 34 heavy (non-hydrogen) atoms. The number of amides is 1. The number of fused-ring (bicyclic) bond motifs is 1. The van der Waals surface area contributed by atoms with E-state index in [0.717, 1.165) is 21.1 Å². The highest BCUT2D eigenvalue weighted by Crippen LogP contribution is 2.37. The second-order valence-corrected chi connectivity index (χ2v) is 9.68. The molecular weight excluding hydrogens is 586 g/mol. The van der Waals surface area contributed by atoms with Crippen LogP contribution in [-0.2, 0) is 11.4 Å². The second-order valence-electron chi connectivity index (χ2n) is 6.98. The summed E-state index contributed by atoms with van der Waals surface area (Å²) in [6, 6.07) is 19.0. The van der Waals surface area contributed by atoms with Crippen LogP contribution in [-0.4, -0.2) is 30.0 Å². The van der Waals surface area contributed by atoms with Crippen LogP contribution >= 0.6 is 43.6 Å². The number of aromatic nitrogens is 1. The first-order valence-electron chi connectivity index (χ1n) is 10.1. The molecule has 0 radical (unpaired) electrons. The minimum Gasteiger partial charge on any atom is -0.493 e. The van der Waals surface area contributed by atoms with Crippen molar-refractivity contribution >= 4 is 66.8 Å². The van der Waals surface area contributed by atoms with Crippen molar-refractivity contribution in [2.45, 2.75) is 11.8 Å². The maximum atomic E-state index is 12.1. The summed E-state index contributed by atoms with van der Waals surface area (Å²) in [4.78, 5) is 16.5. The number of methoxy groups -OCH3 is 1. The van der Waals surface area contributed by atoms with Gasteiger partial charge in [-0.2, -0.15) is 5.10 Å². The molecule has 3 aromatic carbocycles. The zero-order chi connectivity index (χ0) is 23.9. The van der Waals surface area contributed by atoms with E-state index in [-0.39, 0.29) is 11.7 Å². The van der Waals surface area contributed by atoms with E-state index in [2.05, 4.69) is 47.4 Å². The van der Waals surface area contributed by atoms with E-state index in [0.29, 0.717) is 33.4 Å². The Morgan fingerprint density at radius 1 is 1.18 bits per heavy atom. The van der Waals surface area contributed by atoms with Crippen molar-refractivity contribution in [1.82, 2.24) is 10.4 Å². The number of hydrazone groups is 1. The second kappa shape index (κ2) is 11.5. The Hall–Kier alpha value is -2.82. The number of benzene rings is 3.